The Morgan fingerprint density at radius 3 is 2.19 bits per heavy atom. The molecule has 1 aromatic carbocycles. The minimum atomic E-state index is 0.355. The summed E-state index contributed by atoms with van der Waals surface area (Å²) in [4.78, 5) is 0. The lowest BCUT2D eigenvalue weighted by atomic mass is 9.80. The maximum Gasteiger partial charge on any atom is 0.119 e. The zero-order valence-corrected chi connectivity index (χ0v) is 12.7. The topological polar surface area (TPSA) is 36.9 Å². The van der Waals surface area contributed by atoms with Gasteiger partial charge in [0.1, 0.15) is 11.5 Å². The third-order valence-electron chi connectivity index (χ3n) is 4.48. The molecule has 0 aromatic heterocycles. The highest BCUT2D eigenvalue weighted by Crippen LogP contribution is 2.34. The second-order valence-electron chi connectivity index (χ2n) is 6.13. The van der Waals surface area contributed by atoms with Crippen LogP contribution in [0.1, 0.15) is 19.8 Å². The normalized spacial score (nSPS) is 20.4. The van der Waals surface area contributed by atoms with Crippen LogP contribution in [0, 0.1) is 11.3 Å². The lowest BCUT2D eigenvalue weighted by molar-refractivity contribution is -0.123. The molecule has 0 amide bonds. The van der Waals surface area contributed by atoms with Crippen molar-refractivity contribution in [1.82, 2.24) is 0 Å². The smallest absolute Gasteiger partial charge is 0.119 e. The first-order valence-corrected chi connectivity index (χ1v) is 7.81. The first kappa shape index (κ1) is 14.7. The van der Waals surface area contributed by atoms with E-state index in [1.807, 2.05) is 24.3 Å². The number of hydrogen-bond acceptors (Lipinski definition) is 4. The molecule has 21 heavy (non-hydrogen) atoms. The Kier molecular flexibility index (Phi) is 4.66. The Labute approximate surface area is 126 Å². The summed E-state index contributed by atoms with van der Waals surface area (Å²) >= 11 is 0. The van der Waals surface area contributed by atoms with Gasteiger partial charge in [-0.25, -0.2) is 0 Å². The predicted octanol–water partition coefficient (Wildman–Crippen LogP) is 2.91. The fourth-order valence-corrected chi connectivity index (χ4v) is 2.53. The van der Waals surface area contributed by atoms with Gasteiger partial charge in [0.25, 0.3) is 0 Å². The molecule has 0 saturated carbocycles. The van der Waals surface area contributed by atoms with Crippen LogP contribution < -0.4 is 9.47 Å². The lowest BCUT2D eigenvalue weighted by Crippen LogP contribution is -2.43. The van der Waals surface area contributed by atoms with Crippen LogP contribution in [0.2, 0.25) is 0 Å². The van der Waals surface area contributed by atoms with Gasteiger partial charge >= 0.3 is 0 Å². The number of rotatable bonds is 8. The summed E-state index contributed by atoms with van der Waals surface area (Å²) < 4.78 is 22.0. The van der Waals surface area contributed by atoms with Crippen LogP contribution in [0.5, 0.6) is 11.5 Å². The van der Waals surface area contributed by atoms with E-state index in [2.05, 4.69) is 6.92 Å². The zero-order chi connectivity index (χ0) is 14.5. The van der Waals surface area contributed by atoms with E-state index in [0.29, 0.717) is 11.3 Å². The summed E-state index contributed by atoms with van der Waals surface area (Å²) in [5, 5.41) is 0. The Morgan fingerprint density at radius 2 is 1.71 bits per heavy atom. The van der Waals surface area contributed by atoms with Crippen molar-refractivity contribution in [2.45, 2.75) is 19.8 Å². The molecule has 0 N–H and O–H groups in total. The summed E-state index contributed by atoms with van der Waals surface area (Å²) in [7, 11) is 0. The first-order valence-electron chi connectivity index (χ1n) is 7.81. The summed E-state index contributed by atoms with van der Waals surface area (Å²) in [6.45, 7) is 7.11. The van der Waals surface area contributed by atoms with Crippen molar-refractivity contribution in [3.63, 3.8) is 0 Å². The van der Waals surface area contributed by atoms with E-state index in [9.17, 15) is 0 Å². The standard InChI is InChI=1S/C17H24O4/c1-2-17(12-19-13-17)7-8-20-15-3-5-16(6-4-15)21-11-14-9-18-10-14/h3-6,14H,2,7-13H2,1H3. The van der Waals surface area contributed by atoms with Crippen molar-refractivity contribution < 1.29 is 18.9 Å². The van der Waals surface area contributed by atoms with Gasteiger partial charge in [-0.15, -0.1) is 0 Å². The lowest BCUT2D eigenvalue weighted by Gasteiger charge is -2.40. The van der Waals surface area contributed by atoms with Crippen LogP contribution in [0.15, 0.2) is 24.3 Å². The molecule has 4 heteroatoms. The molecule has 116 valence electrons. The summed E-state index contributed by atoms with van der Waals surface area (Å²) in [5.41, 5.74) is 0.355. The molecular weight excluding hydrogens is 268 g/mol. The molecule has 2 heterocycles. The van der Waals surface area contributed by atoms with Crippen LogP contribution in [0.4, 0.5) is 0 Å². The molecule has 0 spiro atoms. The highest BCUT2D eigenvalue weighted by atomic mass is 16.5. The van der Waals surface area contributed by atoms with Gasteiger partial charge in [-0.05, 0) is 37.1 Å². The summed E-state index contributed by atoms with van der Waals surface area (Å²) in [6.07, 6.45) is 2.22. The minimum Gasteiger partial charge on any atom is -0.494 e. The molecule has 1 aromatic rings. The summed E-state index contributed by atoms with van der Waals surface area (Å²) in [5.74, 6) is 2.35. The van der Waals surface area contributed by atoms with Crippen molar-refractivity contribution in [1.29, 1.82) is 0 Å². The van der Waals surface area contributed by atoms with Crippen molar-refractivity contribution >= 4 is 0 Å². The van der Waals surface area contributed by atoms with E-state index in [-0.39, 0.29) is 0 Å². The molecule has 2 fully saturated rings. The monoisotopic (exact) mass is 292 g/mol. The highest BCUT2D eigenvalue weighted by Gasteiger charge is 2.36. The van der Waals surface area contributed by atoms with Crippen molar-refractivity contribution in [3.05, 3.63) is 24.3 Å². The number of benzene rings is 1. The van der Waals surface area contributed by atoms with Gasteiger partial charge in [-0.1, -0.05) is 6.92 Å². The molecule has 2 saturated heterocycles. The molecule has 0 unspecified atom stereocenters. The molecule has 4 nitrogen and oxygen atoms in total. The van der Waals surface area contributed by atoms with Crippen LogP contribution in [-0.2, 0) is 9.47 Å². The van der Waals surface area contributed by atoms with E-state index >= 15 is 0 Å². The second-order valence-corrected chi connectivity index (χ2v) is 6.13. The van der Waals surface area contributed by atoms with E-state index in [1.54, 1.807) is 0 Å². The molecule has 0 aliphatic carbocycles. The largest absolute Gasteiger partial charge is 0.494 e. The molecule has 0 atom stereocenters. The van der Waals surface area contributed by atoms with Crippen molar-refractivity contribution in [2.24, 2.45) is 11.3 Å². The van der Waals surface area contributed by atoms with Crippen LogP contribution in [0.25, 0.3) is 0 Å². The van der Waals surface area contributed by atoms with Gasteiger partial charge in [0.15, 0.2) is 0 Å². The third-order valence-corrected chi connectivity index (χ3v) is 4.48. The number of hydrogen-bond donors (Lipinski definition) is 0. The van der Waals surface area contributed by atoms with Crippen LogP contribution >= 0.6 is 0 Å². The van der Waals surface area contributed by atoms with E-state index in [0.717, 1.165) is 64.0 Å². The Balaban J connectivity index is 1.39. The van der Waals surface area contributed by atoms with Gasteiger partial charge in [0.05, 0.1) is 39.6 Å². The van der Waals surface area contributed by atoms with Crippen molar-refractivity contribution in [2.75, 3.05) is 39.6 Å². The van der Waals surface area contributed by atoms with E-state index < -0.39 is 0 Å². The third kappa shape index (κ3) is 3.69. The molecule has 0 bridgehead atoms. The fourth-order valence-electron chi connectivity index (χ4n) is 2.53. The van der Waals surface area contributed by atoms with Gasteiger partial charge in [-0.3, -0.25) is 0 Å². The van der Waals surface area contributed by atoms with E-state index in [4.69, 9.17) is 18.9 Å². The predicted molar refractivity (Wildman–Crippen MR) is 79.9 cm³/mol. The first-order chi connectivity index (χ1) is 10.3. The van der Waals surface area contributed by atoms with Crippen LogP contribution in [-0.4, -0.2) is 39.6 Å². The Morgan fingerprint density at radius 1 is 1.05 bits per heavy atom. The molecular formula is C17H24O4. The SMILES string of the molecule is CCC1(CCOc2ccc(OCC3COC3)cc2)COC1. The average Bonchev–Trinajstić information content (AvgIpc) is 2.42. The number of ether oxygens (including phenoxy) is 4. The van der Waals surface area contributed by atoms with E-state index in [1.165, 1.54) is 0 Å². The maximum absolute atomic E-state index is 5.82. The molecule has 2 aliphatic heterocycles. The van der Waals surface area contributed by atoms with Gasteiger partial charge in [-0.2, -0.15) is 0 Å². The highest BCUT2D eigenvalue weighted by molar-refractivity contribution is 5.31. The Hall–Kier alpha value is -1.26. The van der Waals surface area contributed by atoms with Crippen LogP contribution in [0.3, 0.4) is 0 Å². The molecule has 3 rings (SSSR count). The van der Waals surface area contributed by atoms with Gasteiger partial charge in [0.2, 0.25) is 0 Å². The fraction of sp³-hybridized carbons (Fsp3) is 0.647. The summed E-state index contributed by atoms with van der Waals surface area (Å²) in [6, 6.07) is 7.89. The van der Waals surface area contributed by atoms with Gasteiger partial charge in [0, 0.05) is 11.3 Å². The second kappa shape index (κ2) is 6.67. The van der Waals surface area contributed by atoms with Crippen molar-refractivity contribution in [3.8, 4) is 11.5 Å². The quantitative estimate of drug-likeness (QED) is 0.738. The van der Waals surface area contributed by atoms with Gasteiger partial charge < -0.3 is 18.9 Å². The maximum atomic E-state index is 5.82. The average molecular weight is 292 g/mol. The Bertz CT molecular complexity index is 429. The molecule has 2 aliphatic rings. The zero-order valence-electron chi connectivity index (χ0n) is 12.7. The minimum absolute atomic E-state index is 0.355. The molecule has 0 radical (unpaired) electrons.